The Labute approximate surface area is 99.7 Å². The summed E-state index contributed by atoms with van der Waals surface area (Å²) < 4.78 is 13.3. The third-order valence-electron chi connectivity index (χ3n) is 2.82. The largest absolute Gasteiger partial charge is 0.396 e. The van der Waals surface area contributed by atoms with E-state index in [9.17, 15) is 9.18 Å². The molecule has 2 rings (SSSR count). The van der Waals surface area contributed by atoms with E-state index in [0.29, 0.717) is 12.1 Å². The number of nitrogen functional groups attached to an aromatic ring is 1. The average molecular weight is 234 g/mol. The second-order valence-corrected chi connectivity index (χ2v) is 4.21. The van der Waals surface area contributed by atoms with Crippen LogP contribution in [-0.4, -0.2) is 23.4 Å². The Kier molecular flexibility index (Phi) is 3.13. The molecule has 2 N–H and O–H groups in total. The summed E-state index contributed by atoms with van der Waals surface area (Å²) in [5.41, 5.74) is 5.78. The Hall–Kier alpha value is -1.84. The molecule has 0 aliphatic heterocycles. The first-order valence-corrected chi connectivity index (χ1v) is 5.60. The van der Waals surface area contributed by atoms with Crippen molar-refractivity contribution in [1.29, 1.82) is 0 Å². The van der Waals surface area contributed by atoms with Gasteiger partial charge in [0.2, 0.25) is 0 Å². The molecule has 0 spiro atoms. The molecule has 1 aliphatic carbocycles. The lowest BCUT2D eigenvalue weighted by Crippen LogP contribution is -2.33. The summed E-state index contributed by atoms with van der Waals surface area (Å²) >= 11 is 0. The maximum Gasteiger partial charge on any atom is 0.254 e. The van der Waals surface area contributed by atoms with Crippen molar-refractivity contribution in [3.8, 4) is 0 Å². The zero-order valence-electron chi connectivity index (χ0n) is 9.53. The van der Waals surface area contributed by atoms with Crippen molar-refractivity contribution in [2.24, 2.45) is 0 Å². The summed E-state index contributed by atoms with van der Waals surface area (Å²) in [6.45, 7) is 4.13. The maximum absolute atomic E-state index is 13.3. The fourth-order valence-electron chi connectivity index (χ4n) is 1.75. The summed E-state index contributed by atoms with van der Waals surface area (Å²) in [6, 6.07) is 4.44. The number of nitrogens with two attached hydrogens (primary N) is 1. The molecule has 0 atom stereocenters. The van der Waals surface area contributed by atoms with E-state index in [-0.39, 0.29) is 17.6 Å². The van der Waals surface area contributed by atoms with E-state index in [0.717, 1.165) is 12.8 Å². The van der Waals surface area contributed by atoms with E-state index >= 15 is 0 Å². The third kappa shape index (κ3) is 2.46. The molecule has 1 fully saturated rings. The Balaban J connectivity index is 2.21. The minimum absolute atomic E-state index is 0.0586. The molecule has 17 heavy (non-hydrogen) atoms. The predicted octanol–water partition coefficient (Wildman–Crippen LogP) is 2.20. The first-order valence-electron chi connectivity index (χ1n) is 5.60. The molecule has 0 unspecified atom stereocenters. The molecule has 1 aromatic carbocycles. The summed E-state index contributed by atoms with van der Waals surface area (Å²) in [5.74, 6) is -0.712. The molecule has 0 bridgehead atoms. The second-order valence-electron chi connectivity index (χ2n) is 4.21. The number of carbonyl (C=O) groups is 1. The van der Waals surface area contributed by atoms with E-state index in [1.807, 2.05) is 0 Å². The van der Waals surface area contributed by atoms with E-state index < -0.39 is 5.82 Å². The van der Waals surface area contributed by atoms with Crippen LogP contribution in [-0.2, 0) is 0 Å². The minimum Gasteiger partial charge on any atom is -0.396 e. The highest BCUT2D eigenvalue weighted by Gasteiger charge is 2.32. The van der Waals surface area contributed by atoms with Crippen molar-refractivity contribution in [3.05, 3.63) is 42.2 Å². The van der Waals surface area contributed by atoms with Crippen molar-refractivity contribution >= 4 is 11.6 Å². The Morgan fingerprint density at radius 3 is 2.82 bits per heavy atom. The Morgan fingerprint density at radius 2 is 2.29 bits per heavy atom. The third-order valence-corrected chi connectivity index (χ3v) is 2.82. The standard InChI is InChI=1S/C13H15FN2O/c1-2-7-16(10-4-5-10)13(17)9-3-6-12(15)11(14)8-9/h2-3,6,8,10H,1,4-5,7,15H2. The van der Waals surface area contributed by atoms with Crippen molar-refractivity contribution in [2.45, 2.75) is 18.9 Å². The zero-order valence-corrected chi connectivity index (χ0v) is 9.53. The van der Waals surface area contributed by atoms with Gasteiger partial charge in [0, 0.05) is 18.2 Å². The van der Waals surface area contributed by atoms with Gasteiger partial charge in [-0.15, -0.1) is 6.58 Å². The monoisotopic (exact) mass is 234 g/mol. The average Bonchev–Trinajstić information content (AvgIpc) is 3.13. The number of anilines is 1. The van der Waals surface area contributed by atoms with Crippen LogP contribution >= 0.6 is 0 Å². The second kappa shape index (κ2) is 4.57. The quantitative estimate of drug-likeness (QED) is 0.641. The van der Waals surface area contributed by atoms with Crippen LogP contribution in [0.3, 0.4) is 0 Å². The van der Waals surface area contributed by atoms with Crippen molar-refractivity contribution < 1.29 is 9.18 Å². The molecule has 1 aromatic rings. The number of nitrogens with zero attached hydrogens (tertiary/aromatic N) is 1. The number of rotatable bonds is 4. The highest BCUT2D eigenvalue weighted by Crippen LogP contribution is 2.28. The summed E-state index contributed by atoms with van der Waals surface area (Å²) in [7, 11) is 0. The molecule has 4 heteroatoms. The molecule has 3 nitrogen and oxygen atoms in total. The van der Waals surface area contributed by atoms with Crippen LogP contribution < -0.4 is 5.73 Å². The molecule has 0 saturated heterocycles. The van der Waals surface area contributed by atoms with Crippen LogP contribution in [0.25, 0.3) is 0 Å². The summed E-state index contributed by atoms with van der Waals surface area (Å²) in [4.78, 5) is 13.9. The van der Waals surface area contributed by atoms with Crippen LogP contribution in [0.2, 0.25) is 0 Å². The molecule has 1 aliphatic rings. The van der Waals surface area contributed by atoms with Gasteiger partial charge in [-0.25, -0.2) is 4.39 Å². The molecule has 0 radical (unpaired) electrons. The van der Waals surface area contributed by atoms with E-state index in [4.69, 9.17) is 5.73 Å². The Morgan fingerprint density at radius 1 is 1.59 bits per heavy atom. The van der Waals surface area contributed by atoms with Gasteiger partial charge in [-0.1, -0.05) is 6.08 Å². The summed E-state index contributed by atoms with van der Waals surface area (Å²) in [5, 5.41) is 0. The summed E-state index contributed by atoms with van der Waals surface area (Å²) in [6.07, 6.45) is 3.71. The van der Waals surface area contributed by atoms with Crippen LogP contribution in [0, 0.1) is 5.82 Å². The number of amides is 1. The molecule has 90 valence electrons. The molecular weight excluding hydrogens is 219 g/mol. The van der Waals surface area contributed by atoms with Gasteiger partial charge in [0.25, 0.3) is 5.91 Å². The Bertz CT molecular complexity index is 455. The molecule has 0 heterocycles. The van der Waals surface area contributed by atoms with Gasteiger partial charge in [-0.3, -0.25) is 4.79 Å². The highest BCUT2D eigenvalue weighted by molar-refractivity contribution is 5.95. The number of hydrogen-bond acceptors (Lipinski definition) is 2. The first kappa shape index (κ1) is 11.6. The molecule has 0 aromatic heterocycles. The van der Waals surface area contributed by atoms with Gasteiger partial charge in [-0.05, 0) is 31.0 Å². The maximum atomic E-state index is 13.3. The van der Waals surface area contributed by atoms with Crippen molar-refractivity contribution in [3.63, 3.8) is 0 Å². The highest BCUT2D eigenvalue weighted by atomic mass is 19.1. The molecule has 1 amide bonds. The van der Waals surface area contributed by atoms with Crippen LogP contribution in [0.4, 0.5) is 10.1 Å². The van der Waals surface area contributed by atoms with Crippen LogP contribution in [0.5, 0.6) is 0 Å². The SMILES string of the molecule is C=CCN(C(=O)c1ccc(N)c(F)c1)C1CC1. The topological polar surface area (TPSA) is 46.3 Å². The van der Waals surface area contributed by atoms with Gasteiger partial charge in [0.15, 0.2) is 0 Å². The number of carbonyl (C=O) groups excluding carboxylic acids is 1. The van der Waals surface area contributed by atoms with Crippen LogP contribution in [0.15, 0.2) is 30.9 Å². The number of halogens is 1. The fraction of sp³-hybridized carbons (Fsp3) is 0.308. The molecular formula is C13H15FN2O. The lowest BCUT2D eigenvalue weighted by atomic mass is 10.1. The van der Waals surface area contributed by atoms with E-state index in [1.165, 1.54) is 12.1 Å². The lowest BCUT2D eigenvalue weighted by molar-refractivity contribution is 0.0762. The number of hydrogen-bond donors (Lipinski definition) is 1. The zero-order chi connectivity index (χ0) is 12.4. The minimum atomic E-state index is -0.551. The van der Waals surface area contributed by atoms with Gasteiger partial charge >= 0.3 is 0 Å². The fourth-order valence-corrected chi connectivity index (χ4v) is 1.75. The lowest BCUT2D eigenvalue weighted by Gasteiger charge is -2.20. The van der Waals surface area contributed by atoms with Crippen molar-refractivity contribution in [2.75, 3.05) is 12.3 Å². The first-order chi connectivity index (χ1) is 8.13. The number of benzene rings is 1. The van der Waals surface area contributed by atoms with Gasteiger partial charge in [0.05, 0.1) is 5.69 Å². The normalized spacial score (nSPS) is 14.4. The smallest absolute Gasteiger partial charge is 0.254 e. The van der Waals surface area contributed by atoms with E-state index in [1.54, 1.807) is 17.0 Å². The van der Waals surface area contributed by atoms with Gasteiger partial charge in [0.1, 0.15) is 5.82 Å². The molecule has 1 saturated carbocycles. The van der Waals surface area contributed by atoms with Crippen molar-refractivity contribution in [1.82, 2.24) is 4.90 Å². The van der Waals surface area contributed by atoms with Gasteiger partial charge in [-0.2, -0.15) is 0 Å². The van der Waals surface area contributed by atoms with Gasteiger partial charge < -0.3 is 10.6 Å². The van der Waals surface area contributed by atoms with Crippen LogP contribution in [0.1, 0.15) is 23.2 Å². The van der Waals surface area contributed by atoms with E-state index in [2.05, 4.69) is 6.58 Å². The predicted molar refractivity (Wildman–Crippen MR) is 65.1 cm³/mol.